The molecule has 0 unspecified atom stereocenters. The van der Waals surface area contributed by atoms with Gasteiger partial charge in [0.25, 0.3) is 0 Å². The third-order valence-electron chi connectivity index (χ3n) is 21.6. The molecule has 15 aromatic rings. The van der Waals surface area contributed by atoms with E-state index in [2.05, 4.69) is 172 Å². The van der Waals surface area contributed by atoms with Crippen molar-refractivity contribution in [1.82, 2.24) is 9.13 Å². The van der Waals surface area contributed by atoms with E-state index in [1.165, 1.54) is 242 Å². The molecule has 0 atom stereocenters. The van der Waals surface area contributed by atoms with Crippen molar-refractivity contribution in [2.75, 3.05) is 38.9 Å². The molecule has 2 heterocycles. The van der Waals surface area contributed by atoms with Gasteiger partial charge in [-0.3, -0.25) is 0 Å². The first kappa shape index (κ1) is 64.7. The maximum Gasteiger partial charge on any atom is 0.147 e. The summed E-state index contributed by atoms with van der Waals surface area (Å²) in [5, 5.41) is 26.2. The Morgan fingerprint density at radius 1 is 0.271 bits per heavy atom. The van der Waals surface area contributed by atoms with Gasteiger partial charge >= 0.3 is 0 Å². The van der Waals surface area contributed by atoms with Crippen molar-refractivity contribution in [3.05, 3.63) is 120 Å². The minimum atomic E-state index is 0.652. The third kappa shape index (κ3) is 11.2. The molecule has 8 heteroatoms. The van der Waals surface area contributed by atoms with Crippen LogP contribution in [0.25, 0.3) is 141 Å². The van der Waals surface area contributed by atoms with Crippen molar-refractivity contribution in [3.8, 4) is 34.4 Å². The number of aryl methyl sites for hydroxylation is 2. The zero-order chi connectivity index (χ0) is 65.6. The van der Waals surface area contributed by atoms with E-state index >= 15 is 0 Å². The lowest BCUT2D eigenvalue weighted by molar-refractivity contribution is 0.288. The third-order valence-corrected chi connectivity index (χ3v) is 23.2. The molecule has 6 nitrogen and oxygen atoms in total. The predicted octanol–water partition coefficient (Wildman–Crippen LogP) is 27.3. The average Bonchev–Trinajstić information content (AvgIpc) is 1.40. The zero-order valence-electron chi connectivity index (χ0n) is 58.5. The van der Waals surface area contributed by atoms with E-state index in [1.807, 2.05) is 23.5 Å². The Labute approximate surface area is 576 Å². The fraction of sp³-hybridized carbons (Fsp3) is 0.409. The molecule has 15 rings (SSSR count). The van der Waals surface area contributed by atoms with Gasteiger partial charge in [0.05, 0.1) is 48.5 Å². The fourth-order valence-corrected chi connectivity index (χ4v) is 18.3. The molecule has 496 valence electrons. The molecule has 0 aliphatic heterocycles. The van der Waals surface area contributed by atoms with E-state index in [0.29, 0.717) is 26.4 Å². The fourth-order valence-electron chi connectivity index (χ4n) is 17.1. The van der Waals surface area contributed by atoms with Crippen molar-refractivity contribution in [2.24, 2.45) is 0 Å². The molecule has 13 aromatic carbocycles. The van der Waals surface area contributed by atoms with Crippen LogP contribution in [0.1, 0.15) is 193 Å². The van der Waals surface area contributed by atoms with Gasteiger partial charge in [0.2, 0.25) is 0 Å². The molecule has 96 heavy (non-hydrogen) atoms. The van der Waals surface area contributed by atoms with Crippen molar-refractivity contribution in [2.45, 2.75) is 205 Å². The molecule has 0 saturated heterocycles. The normalized spacial score (nSPS) is 12.6. The van der Waals surface area contributed by atoms with E-state index in [9.17, 15) is 0 Å². The summed E-state index contributed by atoms with van der Waals surface area (Å²) in [6, 6.07) is 43.4. The van der Waals surface area contributed by atoms with Crippen molar-refractivity contribution in [3.63, 3.8) is 0 Å². The average molecular weight is 1310 g/mol. The van der Waals surface area contributed by atoms with Crippen LogP contribution in [0.4, 0.5) is 0 Å². The van der Waals surface area contributed by atoms with E-state index < -0.39 is 0 Å². The first-order chi connectivity index (χ1) is 47.3. The minimum Gasteiger partial charge on any atom is -0.491 e. The number of thioether (sulfide) groups is 2. The Morgan fingerprint density at radius 3 is 0.854 bits per heavy atom. The van der Waals surface area contributed by atoms with Gasteiger partial charge < -0.3 is 28.1 Å². The van der Waals surface area contributed by atoms with Crippen molar-refractivity contribution >= 4 is 153 Å². The highest BCUT2D eigenvalue weighted by molar-refractivity contribution is 7.99. The molecule has 0 spiro atoms. The second-order valence-corrected chi connectivity index (χ2v) is 29.9. The molecule has 0 amide bonds. The highest BCUT2D eigenvalue weighted by atomic mass is 32.2. The molecular weight excluding hydrogens is 1210 g/mol. The summed E-state index contributed by atoms with van der Waals surface area (Å²) in [6.45, 7) is 16.2. The van der Waals surface area contributed by atoms with E-state index in [4.69, 9.17) is 18.9 Å². The molecule has 2 aromatic heterocycles. The number of rotatable bonds is 36. The van der Waals surface area contributed by atoms with Gasteiger partial charge in [-0.1, -0.05) is 217 Å². The van der Waals surface area contributed by atoms with Crippen LogP contribution in [0, 0.1) is 13.8 Å². The summed E-state index contributed by atoms with van der Waals surface area (Å²) in [5.41, 5.74) is 9.07. The maximum atomic E-state index is 7.27. The number of aromatic nitrogens is 2. The van der Waals surface area contributed by atoms with Crippen LogP contribution in [-0.4, -0.2) is 48.1 Å². The van der Waals surface area contributed by atoms with Crippen LogP contribution in [-0.2, 0) is 0 Å². The van der Waals surface area contributed by atoms with Gasteiger partial charge in [0.1, 0.15) is 34.4 Å². The highest BCUT2D eigenvalue weighted by Crippen LogP contribution is 2.58. The first-order valence-corrected chi connectivity index (χ1v) is 39.7. The topological polar surface area (TPSA) is 46.8 Å². The van der Waals surface area contributed by atoms with Gasteiger partial charge in [-0.2, -0.15) is 0 Å². The molecule has 0 fully saturated rings. The molecular formula is C88H98N2O4S2. The summed E-state index contributed by atoms with van der Waals surface area (Å²) in [7, 11) is 0. The van der Waals surface area contributed by atoms with Gasteiger partial charge in [-0.05, 0) is 176 Å². The van der Waals surface area contributed by atoms with Crippen LogP contribution in [0.2, 0.25) is 0 Å². The number of hydrogen-bond donors (Lipinski definition) is 0. The van der Waals surface area contributed by atoms with E-state index in [0.717, 1.165) is 96.9 Å². The lowest BCUT2D eigenvalue weighted by atomic mass is 9.81. The number of ether oxygens (including phenoxy) is 4. The monoisotopic (exact) mass is 1310 g/mol. The second-order valence-electron chi connectivity index (χ2n) is 28.2. The first-order valence-electron chi connectivity index (χ1n) is 37.3. The zero-order valence-corrected chi connectivity index (χ0v) is 60.2. The number of fused-ring (bicyclic) bond motifs is 4. The van der Waals surface area contributed by atoms with Gasteiger partial charge in [-0.15, -0.1) is 23.5 Å². The summed E-state index contributed by atoms with van der Waals surface area (Å²) < 4.78 is 34.3. The molecule has 0 bridgehead atoms. The van der Waals surface area contributed by atoms with Gasteiger partial charge in [0, 0.05) is 52.9 Å². The highest BCUT2D eigenvalue weighted by Gasteiger charge is 2.33. The lowest BCUT2D eigenvalue weighted by Crippen LogP contribution is -2.08. The van der Waals surface area contributed by atoms with Gasteiger partial charge in [0.15, 0.2) is 0 Å². The Kier molecular flexibility index (Phi) is 19.1. The number of benzene rings is 13. The predicted molar refractivity (Wildman–Crippen MR) is 420 cm³/mol. The number of nitrogens with zero attached hydrogens (tertiary/aromatic N) is 2. The Balaban J connectivity index is 1.05. The molecule has 0 aliphatic carbocycles. The van der Waals surface area contributed by atoms with Crippen molar-refractivity contribution < 1.29 is 18.9 Å². The van der Waals surface area contributed by atoms with Crippen LogP contribution < -0.4 is 18.9 Å². The summed E-state index contributed by atoms with van der Waals surface area (Å²) >= 11 is 3.70. The second kappa shape index (κ2) is 28.3. The Morgan fingerprint density at radius 2 is 0.531 bits per heavy atom. The summed E-state index contributed by atoms with van der Waals surface area (Å²) in [6.07, 6.45) is 33.3. The standard InChI is InChI=1S/C88H98N2O4S2/c1-9-13-17-21-25-29-43-91-71-47-55(5)48-72(92-44-30-26-22-18-14-10-2)87(71)89-67-51-65-66-52-68-86-82-62(42-40-60(80(66)82)59-39-41-61-57-35-33-37-63-75(95-7)53-69(89)83(77(57)63)85(67)81(61)79(59)65)58-36-34-38-64-76(96-8)54-70(84(86)78(58)64)90(68)88-73(93-45-31-27-23-19-15-11-3)49-56(6)50-74(88)94-46-32-28-24-20-16-12-4/h33-42,47-54H,9-32,43-46H2,1-8H3. The van der Waals surface area contributed by atoms with Crippen LogP contribution in [0.15, 0.2) is 119 Å². The Hall–Kier alpha value is -7.26. The lowest BCUT2D eigenvalue weighted by Gasteiger charge is -2.22. The SMILES string of the molecule is CCCCCCCCOc1cc(C)cc(OCCCCCCCC)c1-n1c2cc(SC)c3cccc4c5ccc6c7ccc8c9cccc%10c(SC)cc%11c(c%109)c9c8c7c(cc9n%11-c7c(OCCCCCCCC)cc(C)cc7OCCCCCCCC)c7cc1c(c5c67)c2c34. The largest absolute Gasteiger partial charge is 0.491 e. The summed E-state index contributed by atoms with van der Waals surface area (Å²) in [5.74, 6) is 3.57. The number of unbranched alkanes of at least 4 members (excludes halogenated alkanes) is 20. The molecule has 0 aliphatic rings. The molecule has 0 radical (unpaired) electrons. The van der Waals surface area contributed by atoms with E-state index in [-0.39, 0.29) is 0 Å². The Bertz CT molecular complexity index is 4800. The van der Waals surface area contributed by atoms with Gasteiger partial charge in [-0.25, -0.2) is 0 Å². The number of hydrogen-bond acceptors (Lipinski definition) is 6. The van der Waals surface area contributed by atoms with E-state index in [1.54, 1.807) is 0 Å². The maximum absolute atomic E-state index is 7.27. The van der Waals surface area contributed by atoms with Crippen LogP contribution in [0.3, 0.4) is 0 Å². The smallest absolute Gasteiger partial charge is 0.147 e. The summed E-state index contributed by atoms with van der Waals surface area (Å²) in [4.78, 5) is 2.55. The molecule has 0 saturated carbocycles. The van der Waals surface area contributed by atoms with Crippen molar-refractivity contribution in [1.29, 1.82) is 0 Å². The minimum absolute atomic E-state index is 0.652. The van der Waals surface area contributed by atoms with Crippen LogP contribution >= 0.6 is 23.5 Å². The quantitative estimate of drug-likeness (QED) is 0.0169. The molecule has 0 N–H and O–H groups in total. The van der Waals surface area contributed by atoms with Crippen LogP contribution in [0.5, 0.6) is 23.0 Å².